The molecule has 0 fully saturated rings. The number of allylic oxidation sites excluding steroid dienone is 4. The number of ketones is 1. The number of rotatable bonds is 3. The Morgan fingerprint density at radius 2 is 1.67 bits per heavy atom. The molecule has 27 heavy (non-hydrogen) atoms. The van der Waals surface area contributed by atoms with Gasteiger partial charge in [0.05, 0.1) is 0 Å². The zero-order valence-electron chi connectivity index (χ0n) is 14.8. The normalized spacial score (nSPS) is 16.3. The number of carbonyl (C=O) groups excluding carboxylic acids is 1. The van der Waals surface area contributed by atoms with E-state index in [1.807, 2.05) is 32.0 Å². The molecule has 0 bridgehead atoms. The standard InChI is InChI=1S/C21H18O5S/c1-13-7-8-15(11-14(13)2)21(16-9-10-18(22)19(23)12-16)17-5-3-4-6-20(17)27(24,25)26/h3-12,23H,1-2H3,(H,24,25,26)/b21-16+. The summed E-state index contributed by atoms with van der Waals surface area (Å²) >= 11 is 0. The SMILES string of the molecule is Cc1ccc(/C(=C2/C=CC(=O)C(O)=C2)c2ccccc2S(=O)(=O)O)cc1C. The van der Waals surface area contributed by atoms with E-state index in [2.05, 4.69) is 0 Å². The quantitative estimate of drug-likeness (QED) is 0.785. The highest BCUT2D eigenvalue weighted by molar-refractivity contribution is 7.86. The fraction of sp³-hybridized carbons (Fsp3) is 0.0952. The average Bonchev–Trinajstić information content (AvgIpc) is 2.61. The molecule has 0 saturated heterocycles. The van der Waals surface area contributed by atoms with Gasteiger partial charge in [-0.05, 0) is 59.9 Å². The van der Waals surface area contributed by atoms with Gasteiger partial charge in [-0.25, -0.2) is 0 Å². The Hall–Kier alpha value is -2.96. The zero-order chi connectivity index (χ0) is 19.8. The van der Waals surface area contributed by atoms with Gasteiger partial charge in [0.25, 0.3) is 10.1 Å². The summed E-state index contributed by atoms with van der Waals surface area (Å²) in [5.74, 6) is -0.959. The monoisotopic (exact) mass is 382 g/mol. The van der Waals surface area contributed by atoms with Crippen LogP contribution < -0.4 is 0 Å². The van der Waals surface area contributed by atoms with Crippen molar-refractivity contribution in [2.24, 2.45) is 0 Å². The van der Waals surface area contributed by atoms with Crippen LogP contribution in [0.2, 0.25) is 0 Å². The topological polar surface area (TPSA) is 91.7 Å². The van der Waals surface area contributed by atoms with E-state index >= 15 is 0 Å². The summed E-state index contributed by atoms with van der Waals surface area (Å²) in [6.07, 6.45) is 4.04. The molecule has 6 heteroatoms. The minimum atomic E-state index is -4.48. The second-order valence-electron chi connectivity index (χ2n) is 6.33. The molecule has 5 nitrogen and oxygen atoms in total. The summed E-state index contributed by atoms with van der Waals surface area (Å²) < 4.78 is 33.5. The fourth-order valence-electron chi connectivity index (χ4n) is 2.95. The van der Waals surface area contributed by atoms with Crippen molar-refractivity contribution in [3.05, 3.63) is 94.3 Å². The lowest BCUT2D eigenvalue weighted by Gasteiger charge is -2.17. The molecule has 0 atom stereocenters. The molecule has 0 aliphatic heterocycles. The van der Waals surface area contributed by atoms with Crippen LogP contribution in [0.1, 0.15) is 22.3 Å². The van der Waals surface area contributed by atoms with Gasteiger partial charge in [-0.1, -0.05) is 42.5 Å². The molecule has 2 aromatic carbocycles. The number of hydrogen-bond donors (Lipinski definition) is 2. The van der Waals surface area contributed by atoms with Crippen LogP contribution in [0.15, 0.2) is 76.9 Å². The maximum absolute atomic E-state index is 11.9. The first-order valence-corrected chi connectivity index (χ1v) is 9.64. The first-order valence-electron chi connectivity index (χ1n) is 8.20. The molecule has 0 spiro atoms. The van der Waals surface area contributed by atoms with Gasteiger partial charge in [0.15, 0.2) is 5.76 Å². The third kappa shape index (κ3) is 3.77. The van der Waals surface area contributed by atoms with Crippen molar-refractivity contribution in [1.29, 1.82) is 0 Å². The van der Waals surface area contributed by atoms with Gasteiger partial charge < -0.3 is 5.11 Å². The molecule has 0 aromatic heterocycles. The molecule has 1 aliphatic rings. The summed E-state index contributed by atoms with van der Waals surface area (Å²) in [6, 6.07) is 11.7. The number of carbonyl (C=O) groups is 1. The number of aliphatic hydroxyl groups excluding tert-OH is 1. The highest BCUT2D eigenvalue weighted by Gasteiger charge is 2.22. The summed E-state index contributed by atoms with van der Waals surface area (Å²) in [6.45, 7) is 3.90. The van der Waals surface area contributed by atoms with E-state index in [1.54, 1.807) is 12.1 Å². The van der Waals surface area contributed by atoms with E-state index in [-0.39, 0.29) is 10.5 Å². The predicted molar refractivity (Wildman–Crippen MR) is 103 cm³/mol. The van der Waals surface area contributed by atoms with E-state index in [0.717, 1.165) is 11.1 Å². The van der Waals surface area contributed by atoms with Crippen LogP contribution in [-0.2, 0) is 14.9 Å². The molecule has 0 heterocycles. The van der Waals surface area contributed by atoms with E-state index in [1.165, 1.54) is 30.4 Å². The highest BCUT2D eigenvalue weighted by atomic mass is 32.2. The van der Waals surface area contributed by atoms with Gasteiger partial charge in [-0.3, -0.25) is 9.35 Å². The molecule has 0 saturated carbocycles. The van der Waals surface area contributed by atoms with Gasteiger partial charge in [0.2, 0.25) is 5.78 Å². The lowest BCUT2D eigenvalue weighted by atomic mass is 9.89. The van der Waals surface area contributed by atoms with Gasteiger partial charge in [0, 0.05) is 5.56 Å². The number of aliphatic hydroxyl groups is 1. The third-order valence-corrected chi connectivity index (χ3v) is 5.39. The van der Waals surface area contributed by atoms with Crippen molar-refractivity contribution in [3.8, 4) is 0 Å². The lowest BCUT2D eigenvalue weighted by Crippen LogP contribution is -2.07. The number of benzene rings is 2. The summed E-state index contributed by atoms with van der Waals surface area (Å²) in [4.78, 5) is 11.4. The van der Waals surface area contributed by atoms with Crippen LogP contribution in [0.5, 0.6) is 0 Å². The van der Waals surface area contributed by atoms with Crippen LogP contribution in [0.4, 0.5) is 0 Å². The Kier molecular flexibility index (Phi) is 4.87. The first kappa shape index (κ1) is 18.8. The molecule has 3 rings (SSSR count). The van der Waals surface area contributed by atoms with Crippen molar-refractivity contribution < 1.29 is 22.9 Å². The fourth-order valence-corrected chi connectivity index (χ4v) is 3.64. The third-order valence-electron chi connectivity index (χ3n) is 4.48. The van der Waals surface area contributed by atoms with Crippen LogP contribution in [0, 0.1) is 13.8 Å². The van der Waals surface area contributed by atoms with Crippen molar-refractivity contribution in [2.45, 2.75) is 18.7 Å². The highest BCUT2D eigenvalue weighted by Crippen LogP contribution is 2.34. The van der Waals surface area contributed by atoms with Gasteiger partial charge in [-0.2, -0.15) is 8.42 Å². The van der Waals surface area contributed by atoms with E-state index in [4.69, 9.17) is 0 Å². The van der Waals surface area contributed by atoms with Crippen LogP contribution in [0.3, 0.4) is 0 Å². The van der Waals surface area contributed by atoms with E-state index in [9.17, 15) is 22.9 Å². The summed E-state index contributed by atoms with van der Waals surface area (Å²) in [5, 5.41) is 9.88. The molecular weight excluding hydrogens is 364 g/mol. The Labute approximate surface area is 157 Å². The van der Waals surface area contributed by atoms with Crippen molar-refractivity contribution in [2.75, 3.05) is 0 Å². The van der Waals surface area contributed by atoms with Gasteiger partial charge in [0.1, 0.15) is 4.90 Å². The van der Waals surface area contributed by atoms with Crippen molar-refractivity contribution in [1.82, 2.24) is 0 Å². The zero-order valence-corrected chi connectivity index (χ0v) is 15.6. The number of aryl methyl sites for hydroxylation is 2. The summed E-state index contributed by atoms with van der Waals surface area (Å²) in [7, 11) is -4.48. The number of hydrogen-bond acceptors (Lipinski definition) is 4. The maximum atomic E-state index is 11.9. The Morgan fingerprint density at radius 1 is 0.963 bits per heavy atom. The minimum absolute atomic E-state index is 0.246. The summed E-state index contributed by atoms with van der Waals surface area (Å²) in [5.41, 5.74) is 4.00. The van der Waals surface area contributed by atoms with E-state index < -0.39 is 21.7 Å². The molecule has 2 aromatic rings. The predicted octanol–water partition coefficient (Wildman–Crippen LogP) is 3.93. The second-order valence-corrected chi connectivity index (χ2v) is 7.72. The molecule has 0 radical (unpaired) electrons. The van der Waals surface area contributed by atoms with Crippen LogP contribution in [0.25, 0.3) is 5.57 Å². The molecular formula is C21H18O5S. The molecule has 0 amide bonds. The molecule has 2 N–H and O–H groups in total. The molecule has 138 valence electrons. The van der Waals surface area contributed by atoms with Crippen LogP contribution >= 0.6 is 0 Å². The Bertz CT molecular complexity index is 1130. The average molecular weight is 382 g/mol. The molecule has 1 aliphatic carbocycles. The largest absolute Gasteiger partial charge is 0.504 e. The van der Waals surface area contributed by atoms with Crippen molar-refractivity contribution in [3.63, 3.8) is 0 Å². The first-order chi connectivity index (χ1) is 12.7. The van der Waals surface area contributed by atoms with E-state index in [0.29, 0.717) is 16.7 Å². The Balaban J connectivity index is 2.40. The van der Waals surface area contributed by atoms with Gasteiger partial charge >= 0.3 is 0 Å². The smallest absolute Gasteiger partial charge is 0.295 e. The van der Waals surface area contributed by atoms with Gasteiger partial charge in [-0.15, -0.1) is 0 Å². The lowest BCUT2D eigenvalue weighted by molar-refractivity contribution is -0.113. The van der Waals surface area contributed by atoms with Crippen LogP contribution in [-0.4, -0.2) is 23.9 Å². The minimum Gasteiger partial charge on any atom is -0.504 e. The van der Waals surface area contributed by atoms with Crippen molar-refractivity contribution >= 4 is 21.5 Å². The Morgan fingerprint density at radius 3 is 2.30 bits per heavy atom. The molecule has 0 unspecified atom stereocenters. The second kappa shape index (κ2) is 6.98. The maximum Gasteiger partial charge on any atom is 0.295 e.